The summed E-state index contributed by atoms with van der Waals surface area (Å²) in [5, 5.41) is 0. The van der Waals surface area contributed by atoms with E-state index in [4.69, 9.17) is 0 Å². The summed E-state index contributed by atoms with van der Waals surface area (Å²) in [6, 6.07) is 2.44. The number of pyridine rings is 1. The smallest absolute Gasteiger partial charge is 0.373 e. The SMILES string of the molecule is CCCN(C)c1ccc(C(F)(F)F)nc1. The lowest BCUT2D eigenvalue weighted by molar-refractivity contribution is -0.141. The van der Waals surface area contributed by atoms with Gasteiger partial charge in [0.1, 0.15) is 5.69 Å². The van der Waals surface area contributed by atoms with Crippen LogP contribution in [-0.4, -0.2) is 18.6 Å². The molecule has 0 N–H and O–H groups in total. The second kappa shape index (κ2) is 4.51. The molecule has 0 unspecified atom stereocenters. The molecule has 1 aromatic heterocycles. The summed E-state index contributed by atoms with van der Waals surface area (Å²) in [5.41, 5.74) is -0.152. The second-order valence-corrected chi connectivity index (χ2v) is 3.32. The summed E-state index contributed by atoms with van der Waals surface area (Å²) in [6.45, 7) is 2.81. The zero-order valence-corrected chi connectivity index (χ0v) is 8.67. The molecular weight excluding hydrogens is 205 g/mol. The third kappa shape index (κ3) is 3.11. The Balaban J connectivity index is 2.81. The van der Waals surface area contributed by atoms with Gasteiger partial charge in [-0.15, -0.1) is 0 Å². The molecule has 84 valence electrons. The van der Waals surface area contributed by atoms with E-state index in [-0.39, 0.29) is 0 Å². The van der Waals surface area contributed by atoms with Gasteiger partial charge in [0, 0.05) is 13.6 Å². The highest BCUT2D eigenvalue weighted by Gasteiger charge is 2.32. The molecule has 15 heavy (non-hydrogen) atoms. The summed E-state index contributed by atoms with van der Waals surface area (Å²) in [7, 11) is 1.83. The van der Waals surface area contributed by atoms with Crippen molar-refractivity contribution in [2.75, 3.05) is 18.5 Å². The summed E-state index contributed by atoms with van der Waals surface area (Å²) in [6.07, 6.45) is -2.17. The number of anilines is 1. The van der Waals surface area contributed by atoms with Crippen molar-refractivity contribution in [3.8, 4) is 0 Å². The molecule has 0 aliphatic heterocycles. The molecule has 0 aliphatic carbocycles. The second-order valence-electron chi connectivity index (χ2n) is 3.32. The minimum atomic E-state index is -4.36. The molecule has 0 saturated carbocycles. The zero-order chi connectivity index (χ0) is 11.5. The van der Waals surface area contributed by atoms with Gasteiger partial charge in [-0.05, 0) is 18.6 Å². The third-order valence-electron chi connectivity index (χ3n) is 2.04. The van der Waals surface area contributed by atoms with Crippen LogP contribution in [0.1, 0.15) is 19.0 Å². The van der Waals surface area contributed by atoms with Gasteiger partial charge in [0.25, 0.3) is 0 Å². The van der Waals surface area contributed by atoms with Crippen molar-refractivity contribution in [3.05, 3.63) is 24.0 Å². The van der Waals surface area contributed by atoms with E-state index in [1.54, 1.807) is 0 Å². The Bertz CT molecular complexity index is 305. The van der Waals surface area contributed by atoms with Crippen molar-refractivity contribution < 1.29 is 13.2 Å². The lowest BCUT2D eigenvalue weighted by Crippen LogP contribution is -2.18. The first kappa shape index (κ1) is 11.8. The fourth-order valence-electron chi connectivity index (χ4n) is 1.24. The van der Waals surface area contributed by atoms with Crippen molar-refractivity contribution in [2.45, 2.75) is 19.5 Å². The van der Waals surface area contributed by atoms with Gasteiger partial charge < -0.3 is 4.90 Å². The molecular formula is C10H13F3N2. The first-order chi connectivity index (χ1) is 6.95. The molecule has 0 spiro atoms. The third-order valence-corrected chi connectivity index (χ3v) is 2.04. The summed E-state index contributed by atoms with van der Waals surface area (Å²) >= 11 is 0. The molecule has 0 radical (unpaired) electrons. The topological polar surface area (TPSA) is 16.1 Å². The minimum absolute atomic E-state index is 0.699. The van der Waals surface area contributed by atoms with Crippen LogP contribution in [0.5, 0.6) is 0 Å². The monoisotopic (exact) mass is 218 g/mol. The number of nitrogens with zero attached hydrogens (tertiary/aromatic N) is 2. The Morgan fingerprint density at radius 1 is 1.33 bits per heavy atom. The number of hydrogen-bond donors (Lipinski definition) is 0. The van der Waals surface area contributed by atoms with Gasteiger partial charge in [-0.1, -0.05) is 6.92 Å². The Kier molecular flexibility index (Phi) is 3.55. The van der Waals surface area contributed by atoms with Crippen molar-refractivity contribution in [2.24, 2.45) is 0 Å². The van der Waals surface area contributed by atoms with Gasteiger partial charge in [-0.2, -0.15) is 13.2 Å². The lowest BCUT2D eigenvalue weighted by Gasteiger charge is -2.18. The predicted molar refractivity (Wildman–Crippen MR) is 52.8 cm³/mol. The van der Waals surface area contributed by atoms with Crippen LogP contribution in [0.3, 0.4) is 0 Å². The maximum atomic E-state index is 12.2. The average Bonchev–Trinajstić information content (AvgIpc) is 2.17. The molecule has 0 fully saturated rings. The maximum absolute atomic E-state index is 12.2. The van der Waals surface area contributed by atoms with Gasteiger partial charge in [0.05, 0.1) is 11.9 Å². The van der Waals surface area contributed by atoms with Crippen LogP contribution in [-0.2, 0) is 6.18 Å². The molecule has 5 heteroatoms. The van der Waals surface area contributed by atoms with Gasteiger partial charge in [-0.25, -0.2) is 4.98 Å². The van der Waals surface area contributed by atoms with Crippen LogP contribution in [0.15, 0.2) is 18.3 Å². The van der Waals surface area contributed by atoms with Gasteiger partial charge in [0.15, 0.2) is 0 Å². The van der Waals surface area contributed by atoms with E-state index in [1.165, 1.54) is 12.3 Å². The fourth-order valence-corrected chi connectivity index (χ4v) is 1.24. The number of hydrogen-bond acceptors (Lipinski definition) is 2. The Labute approximate surface area is 86.7 Å². The normalized spacial score (nSPS) is 11.5. The van der Waals surface area contributed by atoms with E-state index in [0.717, 1.165) is 19.0 Å². The highest BCUT2D eigenvalue weighted by atomic mass is 19.4. The number of aromatic nitrogens is 1. The number of rotatable bonds is 3. The fraction of sp³-hybridized carbons (Fsp3) is 0.500. The Hall–Kier alpha value is -1.26. The molecule has 2 nitrogen and oxygen atoms in total. The lowest BCUT2D eigenvalue weighted by atomic mass is 10.3. The molecule has 0 atom stereocenters. The van der Waals surface area contributed by atoms with E-state index in [9.17, 15) is 13.2 Å². The minimum Gasteiger partial charge on any atom is -0.373 e. The summed E-state index contributed by atoms with van der Waals surface area (Å²) in [5.74, 6) is 0. The molecule has 0 aliphatic rings. The van der Waals surface area contributed by atoms with E-state index in [1.807, 2.05) is 18.9 Å². The van der Waals surface area contributed by atoms with Crippen molar-refractivity contribution >= 4 is 5.69 Å². The first-order valence-corrected chi connectivity index (χ1v) is 4.69. The van der Waals surface area contributed by atoms with Crippen LogP contribution in [0.2, 0.25) is 0 Å². The molecule has 1 aromatic rings. The quantitative estimate of drug-likeness (QED) is 0.775. The van der Waals surface area contributed by atoms with Crippen LogP contribution >= 0.6 is 0 Å². The van der Waals surface area contributed by atoms with E-state index in [2.05, 4.69) is 4.98 Å². The Morgan fingerprint density at radius 2 is 2.00 bits per heavy atom. The number of halogens is 3. The highest BCUT2D eigenvalue weighted by molar-refractivity contribution is 5.43. The molecule has 0 saturated heterocycles. The van der Waals surface area contributed by atoms with Crippen molar-refractivity contribution in [1.29, 1.82) is 0 Å². The van der Waals surface area contributed by atoms with Gasteiger partial charge in [0.2, 0.25) is 0 Å². The summed E-state index contributed by atoms with van der Waals surface area (Å²) < 4.78 is 36.6. The van der Waals surface area contributed by atoms with Crippen LogP contribution in [0.25, 0.3) is 0 Å². The van der Waals surface area contributed by atoms with Gasteiger partial charge in [-0.3, -0.25) is 0 Å². The van der Waals surface area contributed by atoms with Crippen molar-refractivity contribution in [1.82, 2.24) is 4.98 Å². The predicted octanol–water partition coefficient (Wildman–Crippen LogP) is 2.95. The van der Waals surface area contributed by atoms with Crippen LogP contribution in [0.4, 0.5) is 18.9 Å². The molecule has 1 rings (SSSR count). The highest BCUT2D eigenvalue weighted by Crippen LogP contribution is 2.28. The van der Waals surface area contributed by atoms with E-state index in [0.29, 0.717) is 5.69 Å². The van der Waals surface area contributed by atoms with Gasteiger partial charge >= 0.3 is 6.18 Å². The molecule has 0 aromatic carbocycles. The largest absolute Gasteiger partial charge is 0.433 e. The Morgan fingerprint density at radius 3 is 2.40 bits per heavy atom. The molecule has 0 bridgehead atoms. The zero-order valence-electron chi connectivity index (χ0n) is 8.67. The molecule has 0 amide bonds. The first-order valence-electron chi connectivity index (χ1n) is 4.69. The summed E-state index contributed by atoms with van der Waals surface area (Å²) in [4.78, 5) is 5.25. The van der Waals surface area contributed by atoms with Crippen molar-refractivity contribution in [3.63, 3.8) is 0 Å². The van der Waals surface area contributed by atoms with Crippen LogP contribution < -0.4 is 4.90 Å². The number of alkyl halides is 3. The standard InChI is InChI=1S/C10H13F3N2/c1-3-6-15(2)8-4-5-9(14-7-8)10(11,12)13/h4-5,7H,3,6H2,1-2H3. The molecule has 1 heterocycles. The average molecular weight is 218 g/mol. The van der Waals surface area contributed by atoms with E-state index >= 15 is 0 Å². The van der Waals surface area contributed by atoms with Crippen LogP contribution in [0, 0.1) is 0 Å². The maximum Gasteiger partial charge on any atom is 0.433 e. The van der Waals surface area contributed by atoms with E-state index < -0.39 is 11.9 Å².